The fourth-order valence-electron chi connectivity index (χ4n) is 2.35. The number of nitrogens with one attached hydrogen (secondary N) is 1. The maximum Gasteiger partial charge on any atom is 0.319 e. The van der Waals surface area contributed by atoms with Gasteiger partial charge in [-0.05, 0) is 33.6 Å². The molecular weight excluding hydrogens is 272 g/mol. The zero-order valence-electron chi connectivity index (χ0n) is 13.4. The lowest BCUT2D eigenvalue weighted by Crippen LogP contribution is -2.48. The normalized spacial score (nSPS) is 17.3. The number of hydrogen-bond acceptors (Lipinski definition) is 5. The summed E-state index contributed by atoms with van der Waals surface area (Å²) < 4.78 is 4.95. The van der Waals surface area contributed by atoms with E-state index in [0.29, 0.717) is 0 Å². The molecule has 0 radical (unpaired) electrons. The maximum atomic E-state index is 12.3. The lowest BCUT2D eigenvalue weighted by atomic mass is 9.87. The largest absolute Gasteiger partial charge is 0.465 e. The zero-order chi connectivity index (χ0) is 16.0. The van der Waals surface area contributed by atoms with Crippen LogP contribution in [-0.4, -0.2) is 54.8 Å². The van der Waals surface area contributed by atoms with Gasteiger partial charge in [-0.1, -0.05) is 0 Å². The summed E-state index contributed by atoms with van der Waals surface area (Å²) in [6.07, 6.45) is 1.65. The molecule has 0 spiro atoms. The van der Waals surface area contributed by atoms with Gasteiger partial charge in [-0.3, -0.25) is 19.3 Å². The number of nitrogens with zero attached hydrogens (tertiary/aromatic N) is 1. The Morgan fingerprint density at radius 3 is 2.29 bits per heavy atom. The summed E-state index contributed by atoms with van der Waals surface area (Å²) >= 11 is 0. The molecule has 6 heteroatoms. The lowest BCUT2D eigenvalue weighted by molar-refractivity contribution is -0.158. The molecular formula is C15H26N2O4. The van der Waals surface area contributed by atoms with Crippen LogP contribution in [0, 0.1) is 5.41 Å². The van der Waals surface area contributed by atoms with Gasteiger partial charge >= 0.3 is 5.97 Å². The van der Waals surface area contributed by atoms with Crippen molar-refractivity contribution in [1.82, 2.24) is 10.2 Å². The molecule has 0 aliphatic carbocycles. The molecule has 1 saturated heterocycles. The van der Waals surface area contributed by atoms with E-state index in [0.717, 1.165) is 25.9 Å². The van der Waals surface area contributed by atoms with Crippen molar-refractivity contribution in [3.8, 4) is 0 Å². The van der Waals surface area contributed by atoms with E-state index in [9.17, 15) is 14.4 Å². The van der Waals surface area contributed by atoms with Crippen molar-refractivity contribution in [3.05, 3.63) is 0 Å². The van der Waals surface area contributed by atoms with Crippen LogP contribution in [0.15, 0.2) is 0 Å². The molecule has 0 aromatic heterocycles. The van der Waals surface area contributed by atoms with E-state index in [4.69, 9.17) is 4.74 Å². The first-order chi connectivity index (χ1) is 9.77. The second-order valence-electron chi connectivity index (χ2n) is 6.02. The molecule has 0 atom stereocenters. The number of rotatable bonds is 6. The highest BCUT2D eigenvalue weighted by Crippen LogP contribution is 2.21. The molecule has 1 fully saturated rings. The maximum absolute atomic E-state index is 12.3. The Morgan fingerprint density at radius 1 is 1.24 bits per heavy atom. The summed E-state index contributed by atoms with van der Waals surface area (Å²) in [7, 11) is 0. The van der Waals surface area contributed by atoms with Crippen molar-refractivity contribution < 1.29 is 19.1 Å². The Morgan fingerprint density at radius 2 is 1.81 bits per heavy atom. The lowest BCUT2D eigenvalue weighted by Gasteiger charge is -2.33. The summed E-state index contributed by atoms with van der Waals surface area (Å²) in [5.41, 5.74) is -1.11. The minimum atomic E-state index is -1.11. The Balaban J connectivity index is 2.46. The summed E-state index contributed by atoms with van der Waals surface area (Å²) in [6.45, 7) is 8.47. The highest BCUT2D eigenvalue weighted by molar-refractivity contribution is 6.03. The summed E-state index contributed by atoms with van der Waals surface area (Å²) in [5, 5.41) is 2.90. The number of likely N-dealkylation sites (tertiary alicyclic amines) is 1. The average molecular weight is 298 g/mol. The Bertz CT molecular complexity index is 398. The predicted molar refractivity (Wildman–Crippen MR) is 78.7 cm³/mol. The molecule has 1 heterocycles. The van der Waals surface area contributed by atoms with Crippen molar-refractivity contribution in [2.45, 2.75) is 46.6 Å². The molecule has 1 amide bonds. The van der Waals surface area contributed by atoms with Crippen LogP contribution in [0.4, 0.5) is 0 Å². The third-order valence-electron chi connectivity index (χ3n) is 3.85. The minimum Gasteiger partial charge on any atom is -0.465 e. The van der Waals surface area contributed by atoms with Crippen molar-refractivity contribution in [3.63, 3.8) is 0 Å². The van der Waals surface area contributed by atoms with Gasteiger partial charge in [0.05, 0.1) is 13.2 Å². The number of ether oxygens (including phenoxy) is 1. The number of carbonyl (C=O) groups excluding carboxylic acids is 3. The number of Topliss-reactive ketones (excluding diaryl/α,β-unsaturated/α-hetero) is 1. The van der Waals surface area contributed by atoms with Crippen LogP contribution in [-0.2, 0) is 19.1 Å². The number of ketones is 1. The van der Waals surface area contributed by atoms with Gasteiger partial charge < -0.3 is 10.1 Å². The van der Waals surface area contributed by atoms with Crippen LogP contribution in [0.2, 0.25) is 0 Å². The summed E-state index contributed by atoms with van der Waals surface area (Å²) in [5.74, 6) is -0.616. The molecule has 6 nitrogen and oxygen atoms in total. The first-order valence-electron chi connectivity index (χ1n) is 7.47. The smallest absolute Gasteiger partial charge is 0.319 e. The molecule has 0 aromatic carbocycles. The Kier molecular flexibility index (Phi) is 6.33. The van der Waals surface area contributed by atoms with E-state index in [1.54, 1.807) is 20.8 Å². The van der Waals surface area contributed by atoms with Crippen LogP contribution < -0.4 is 5.32 Å². The number of piperidine rings is 1. The monoisotopic (exact) mass is 298 g/mol. The van der Waals surface area contributed by atoms with Crippen LogP contribution in [0.1, 0.15) is 40.5 Å². The summed E-state index contributed by atoms with van der Waals surface area (Å²) in [4.78, 5) is 37.1. The first-order valence-corrected chi connectivity index (χ1v) is 7.47. The fourth-order valence-corrected chi connectivity index (χ4v) is 2.35. The topological polar surface area (TPSA) is 75.7 Å². The van der Waals surface area contributed by atoms with Gasteiger partial charge in [0.15, 0.2) is 5.78 Å². The molecule has 1 N–H and O–H groups in total. The van der Waals surface area contributed by atoms with Crippen molar-refractivity contribution in [2.75, 3.05) is 26.2 Å². The highest BCUT2D eigenvalue weighted by atomic mass is 16.5. The average Bonchev–Trinajstić information content (AvgIpc) is 2.40. The van der Waals surface area contributed by atoms with Crippen LogP contribution >= 0.6 is 0 Å². The van der Waals surface area contributed by atoms with E-state index < -0.39 is 11.4 Å². The predicted octanol–water partition coefficient (Wildman–Crippen LogP) is 0.745. The highest BCUT2D eigenvalue weighted by Gasteiger charge is 2.38. The zero-order valence-corrected chi connectivity index (χ0v) is 13.4. The van der Waals surface area contributed by atoms with Crippen LogP contribution in [0.5, 0.6) is 0 Å². The minimum absolute atomic E-state index is 0.0204. The second-order valence-corrected chi connectivity index (χ2v) is 6.02. The molecule has 1 aliphatic heterocycles. The number of esters is 1. The SMILES string of the molecule is CCOC(=O)C(C)(C)C(=O)CN1CCC(NC(C)=O)CC1. The Labute approximate surface area is 126 Å². The molecule has 1 aliphatic rings. The molecule has 0 aromatic rings. The van der Waals surface area contributed by atoms with E-state index in [1.165, 1.54) is 6.92 Å². The van der Waals surface area contributed by atoms with Gasteiger partial charge in [0.2, 0.25) is 5.91 Å². The van der Waals surface area contributed by atoms with Crippen molar-refractivity contribution in [1.29, 1.82) is 0 Å². The van der Waals surface area contributed by atoms with Gasteiger partial charge in [-0.15, -0.1) is 0 Å². The summed E-state index contributed by atoms with van der Waals surface area (Å²) in [6, 6.07) is 0.187. The van der Waals surface area contributed by atoms with E-state index in [-0.39, 0.29) is 30.9 Å². The first kappa shape index (κ1) is 17.6. The van der Waals surface area contributed by atoms with Crippen LogP contribution in [0.3, 0.4) is 0 Å². The van der Waals surface area contributed by atoms with Gasteiger partial charge in [0.1, 0.15) is 5.41 Å². The van der Waals surface area contributed by atoms with Gasteiger partial charge in [0.25, 0.3) is 0 Å². The van der Waals surface area contributed by atoms with Crippen molar-refractivity contribution in [2.24, 2.45) is 5.41 Å². The molecule has 0 unspecified atom stereocenters. The van der Waals surface area contributed by atoms with Gasteiger partial charge in [-0.2, -0.15) is 0 Å². The van der Waals surface area contributed by atoms with Crippen molar-refractivity contribution >= 4 is 17.7 Å². The number of hydrogen-bond donors (Lipinski definition) is 1. The molecule has 0 bridgehead atoms. The Hall–Kier alpha value is -1.43. The van der Waals surface area contributed by atoms with E-state index >= 15 is 0 Å². The van der Waals surface area contributed by atoms with E-state index in [1.807, 2.05) is 4.90 Å². The second kappa shape index (κ2) is 7.54. The quantitative estimate of drug-likeness (QED) is 0.578. The molecule has 1 rings (SSSR count). The fraction of sp³-hybridized carbons (Fsp3) is 0.800. The standard InChI is InChI=1S/C15H26N2O4/c1-5-21-14(20)15(3,4)13(19)10-17-8-6-12(7-9-17)16-11(2)18/h12H,5-10H2,1-4H3,(H,16,18). The van der Waals surface area contributed by atoms with Gasteiger partial charge in [0, 0.05) is 26.1 Å². The third-order valence-corrected chi connectivity index (χ3v) is 3.85. The van der Waals surface area contributed by atoms with E-state index in [2.05, 4.69) is 5.32 Å². The molecule has 21 heavy (non-hydrogen) atoms. The molecule has 0 saturated carbocycles. The number of amides is 1. The van der Waals surface area contributed by atoms with Gasteiger partial charge in [-0.25, -0.2) is 0 Å². The van der Waals surface area contributed by atoms with Crippen LogP contribution in [0.25, 0.3) is 0 Å². The number of carbonyl (C=O) groups is 3. The molecule has 120 valence electrons. The third kappa shape index (κ3) is 5.12.